The van der Waals surface area contributed by atoms with Gasteiger partial charge in [0.05, 0.1) is 15.8 Å². The number of thiazole rings is 2. The Morgan fingerprint density at radius 3 is 2.00 bits per heavy atom. The summed E-state index contributed by atoms with van der Waals surface area (Å²) in [6, 6.07) is 21.7. The molecule has 17 heteroatoms. The van der Waals surface area contributed by atoms with E-state index >= 15 is 0 Å². The van der Waals surface area contributed by atoms with Gasteiger partial charge in [-0.1, -0.05) is 41.9 Å². The lowest BCUT2D eigenvalue weighted by Crippen LogP contribution is -2.33. The van der Waals surface area contributed by atoms with Crippen LogP contribution in [-0.2, 0) is 31.4 Å². The molecular formula is C36H36ClN7O5S4. The zero-order valence-electron chi connectivity index (χ0n) is 28.3. The van der Waals surface area contributed by atoms with Gasteiger partial charge in [-0.15, -0.1) is 22.7 Å². The van der Waals surface area contributed by atoms with Crippen molar-refractivity contribution in [2.24, 2.45) is 0 Å². The van der Waals surface area contributed by atoms with Gasteiger partial charge >= 0.3 is 0 Å². The zero-order valence-corrected chi connectivity index (χ0v) is 32.3. The van der Waals surface area contributed by atoms with E-state index in [0.29, 0.717) is 27.9 Å². The van der Waals surface area contributed by atoms with Gasteiger partial charge in [0.15, 0.2) is 10.3 Å². The van der Waals surface area contributed by atoms with Crippen LogP contribution in [0.5, 0.6) is 0 Å². The Bertz CT molecular complexity index is 2380. The molecule has 2 aliphatic heterocycles. The number of carbonyl (C=O) groups excluding carboxylic acids is 1. The third kappa shape index (κ3) is 8.74. The van der Waals surface area contributed by atoms with Crippen LogP contribution in [0.25, 0.3) is 10.9 Å². The number of nitrogens with zero attached hydrogens (tertiary/aromatic N) is 4. The van der Waals surface area contributed by atoms with E-state index in [2.05, 4.69) is 24.7 Å². The highest BCUT2D eigenvalue weighted by Crippen LogP contribution is 2.33. The number of halogens is 1. The first kappa shape index (κ1) is 37.0. The molecule has 5 heterocycles. The number of carbonyl (C=O) groups is 1. The minimum atomic E-state index is -3.71. The molecule has 12 nitrogen and oxygen atoms in total. The van der Waals surface area contributed by atoms with Gasteiger partial charge in [-0.2, -0.15) is 0 Å². The SMILES string of the molecule is O=C(Cn1ccc2ccc(Cl)cc21)N1CCCC1c1ccc(S(=O)(=O)Nc2nccs2)cc1.O=S(=O)(Nc1nccs1)c1ccc(C2CCCN2)cc1. The number of nitrogens with one attached hydrogen (secondary N) is 3. The fourth-order valence-electron chi connectivity index (χ4n) is 6.56. The topological polar surface area (TPSA) is 155 Å². The molecule has 8 rings (SSSR count). The Kier molecular flexibility index (Phi) is 11.1. The summed E-state index contributed by atoms with van der Waals surface area (Å²) in [7, 11) is -7.25. The quantitative estimate of drug-likeness (QED) is 0.130. The van der Waals surface area contributed by atoms with Crippen molar-refractivity contribution in [3.05, 3.63) is 118 Å². The molecule has 0 bridgehead atoms. The summed E-state index contributed by atoms with van der Waals surface area (Å²) in [6.45, 7) is 1.93. The number of rotatable bonds is 10. The molecule has 0 spiro atoms. The van der Waals surface area contributed by atoms with E-state index in [-0.39, 0.29) is 28.3 Å². The van der Waals surface area contributed by atoms with Crippen LogP contribution in [0.3, 0.4) is 0 Å². The van der Waals surface area contributed by atoms with Crippen molar-refractivity contribution >= 4 is 81.4 Å². The summed E-state index contributed by atoms with van der Waals surface area (Å²) >= 11 is 8.62. The van der Waals surface area contributed by atoms with E-state index in [1.807, 2.05) is 52.1 Å². The highest BCUT2D eigenvalue weighted by molar-refractivity contribution is 7.93. The highest BCUT2D eigenvalue weighted by Gasteiger charge is 2.30. The molecular weight excluding hydrogens is 774 g/mol. The summed E-state index contributed by atoms with van der Waals surface area (Å²) in [5.74, 6) is 0.0251. The Labute approximate surface area is 321 Å². The maximum atomic E-state index is 13.2. The van der Waals surface area contributed by atoms with Gasteiger partial charge in [-0.3, -0.25) is 14.2 Å². The number of anilines is 2. The van der Waals surface area contributed by atoms with E-state index in [4.69, 9.17) is 11.6 Å². The smallest absolute Gasteiger partial charge is 0.263 e. The van der Waals surface area contributed by atoms with Crippen LogP contribution in [0.1, 0.15) is 48.9 Å². The first-order chi connectivity index (χ1) is 25.6. The van der Waals surface area contributed by atoms with Gasteiger partial charge in [-0.05, 0) is 91.2 Å². The molecule has 0 aliphatic carbocycles. The van der Waals surface area contributed by atoms with Gasteiger partial charge in [0.1, 0.15) is 6.54 Å². The van der Waals surface area contributed by atoms with E-state index in [0.717, 1.165) is 54.3 Å². The van der Waals surface area contributed by atoms with Gasteiger partial charge in [0, 0.05) is 52.5 Å². The highest BCUT2D eigenvalue weighted by atomic mass is 35.5. The second-order valence-corrected chi connectivity index (χ2v) is 18.2. The zero-order chi connectivity index (χ0) is 37.0. The number of sulfonamides is 2. The van der Waals surface area contributed by atoms with Crippen molar-refractivity contribution < 1.29 is 21.6 Å². The largest absolute Gasteiger partial charge is 0.338 e. The van der Waals surface area contributed by atoms with Crippen molar-refractivity contribution in [1.82, 2.24) is 24.8 Å². The molecule has 2 atom stereocenters. The van der Waals surface area contributed by atoms with Gasteiger partial charge < -0.3 is 14.8 Å². The van der Waals surface area contributed by atoms with Gasteiger partial charge in [-0.25, -0.2) is 26.8 Å². The molecule has 3 aromatic carbocycles. The van der Waals surface area contributed by atoms with Crippen LogP contribution in [0.15, 0.2) is 112 Å². The third-order valence-corrected chi connectivity index (χ3v) is 13.7. The fraction of sp³-hybridized carbons (Fsp3) is 0.250. The van der Waals surface area contributed by atoms with E-state index in [1.54, 1.807) is 59.6 Å². The van der Waals surface area contributed by atoms with Crippen molar-refractivity contribution in [3.8, 4) is 0 Å². The molecule has 276 valence electrons. The average Bonchev–Trinajstić information content (AvgIpc) is 4.00. The molecule has 1 amide bonds. The van der Waals surface area contributed by atoms with Crippen molar-refractivity contribution in [2.75, 3.05) is 22.5 Å². The summed E-state index contributed by atoms with van der Waals surface area (Å²) in [5.41, 5.74) is 2.99. The van der Waals surface area contributed by atoms with Crippen LogP contribution in [0.2, 0.25) is 5.02 Å². The second-order valence-electron chi connectivity index (χ2n) is 12.6. The molecule has 6 aromatic rings. The van der Waals surface area contributed by atoms with Crippen LogP contribution in [0.4, 0.5) is 10.3 Å². The van der Waals surface area contributed by atoms with Gasteiger partial charge in [0.25, 0.3) is 20.0 Å². The van der Waals surface area contributed by atoms with Crippen molar-refractivity contribution in [2.45, 2.75) is 54.1 Å². The molecule has 3 aromatic heterocycles. The number of aromatic nitrogens is 3. The van der Waals surface area contributed by atoms with E-state index in [1.165, 1.54) is 22.7 Å². The third-order valence-electron chi connectivity index (χ3n) is 9.15. The van der Waals surface area contributed by atoms with Crippen LogP contribution in [0, 0.1) is 0 Å². The summed E-state index contributed by atoms with van der Waals surface area (Å²) in [6.07, 6.45) is 9.02. The standard InChI is InChI=1S/C23H21ClN4O3S2.C13H15N3O2S2/c24-18-6-3-17-9-12-27(21(17)14-18)15-22(29)28-11-1-2-20(28)16-4-7-19(8-5-16)33(30,31)26-23-25-10-13-32-23;17-20(18,16-13-15-8-9-19-13)11-5-3-10(4-6-11)12-2-1-7-14-12/h3-10,12-14,20H,1-2,11,15H2,(H,25,26);3-6,8-9,12,14H,1-2,7H2,(H,15,16). The minimum absolute atomic E-state index is 0.0251. The minimum Gasteiger partial charge on any atom is -0.338 e. The molecule has 3 N–H and O–H groups in total. The summed E-state index contributed by atoms with van der Waals surface area (Å²) < 4.78 is 56.4. The second kappa shape index (κ2) is 16.0. The molecule has 2 unspecified atom stereocenters. The number of likely N-dealkylation sites (tertiary alicyclic amines) is 1. The Morgan fingerprint density at radius 1 is 0.811 bits per heavy atom. The number of fused-ring (bicyclic) bond motifs is 1. The molecule has 53 heavy (non-hydrogen) atoms. The van der Waals surface area contributed by atoms with Gasteiger partial charge in [0.2, 0.25) is 5.91 Å². The van der Waals surface area contributed by atoms with Crippen LogP contribution in [-0.4, -0.2) is 55.3 Å². The fourth-order valence-corrected chi connectivity index (χ4v) is 10.3. The average molecular weight is 810 g/mol. The predicted octanol–water partition coefficient (Wildman–Crippen LogP) is 7.28. The predicted molar refractivity (Wildman–Crippen MR) is 209 cm³/mol. The van der Waals surface area contributed by atoms with E-state index < -0.39 is 20.0 Å². The first-order valence-electron chi connectivity index (χ1n) is 16.9. The normalized spacial score (nSPS) is 17.4. The lowest BCUT2D eigenvalue weighted by Gasteiger charge is -2.25. The number of hydrogen-bond donors (Lipinski definition) is 3. The first-order valence-corrected chi connectivity index (χ1v) is 22.0. The Morgan fingerprint density at radius 2 is 1.43 bits per heavy atom. The maximum Gasteiger partial charge on any atom is 0.263 e. The maximum absolute atomic E-state index is 13.2. The lowest BCUT2D eigenvalue weighted by atomic mass is 10.0. The summed E-state index contributed by atoms with van der Waals surface area (Å²) in [4.78, 5) is 23.4. The van der Waals surface area contributed by atoms with Crippen LogP contribution < -0.4 is 14.8 Å². The molecule has 0 radical (unpaired) electrons. The lowest BCUT2D eigenvalue weighted by molar-refractivity contribution is -0.132. The molecule has 2 fully saturated rings. The number of amides is 1. The molecule has 0 saturated carbocycles. The summed E-state index contributed by atoms with van der Waals surface area (Å²) in [5, 5.41) is 9.20. The molecule has 2 aliphatic rings. The molecule has 2 saturated heterocycles. The number of hydrogen-bond acceptors (Lipinski definition) is 10. The van der Waals surface area contributed by atoms with Crippen LogP contribution >= 0.6 is 34.3 Å². The Hall–Kier alpha value is -4.32. The van der Waals surface area contributed by atoms with E-state index in [9.17, 15) is 21.6 Å². The Balaban J connectivity index is 0.000000186. The number of benzene rings is 3. The monoisotopic (exact) mass is 809 g/mol. The van der Waals surface area contributed by atoms with Crippen molar-refractivity contribution in [3.63, 3.8) is 0 Å². The van der Waals surface area contributed by atoms with Crippen molar-refractivity contribution in [1.29, 1.82) is 0 Å².